The Kier molecular flexibility index (Phi) is 3.77. The van der Waals surface area contributed by atoms with Crippen LogP contribution in [0.4, 0.5) is 0 Å². The molecule has 2 aromatic rings. The van der Waals surface area contributed by atoms with Crippen LogP contribution in [-0.2, 0) is 6.42 Å². The van der Waals surface area contributed by atoms with E-state index in [1.807, 2.05) is 25.1 Å². The van der Waals surface area contributed by atoms with Gasteiger partial charge in [0.2, 0.25) is 0 Å². The van der Waals surface area contributed by atoms with Crippen LogP contribution in [0.3, 0.4) is 0 Å². The smallest absolute Gasteiger partial charge is 0.168 e. The summed E-state index contributed by atoms with van der Waals surface area (Å²) in [5, 5.41) is 7.56. The molecular formula is C19H22N2O2. The molecule has 1 heterocycles. The third-order valence-electron chi connectivity index (χ3n) is 4.81. The minimum atomic E-state index is 0.100. The fourth-order valence-corrected chi connectivity index (χ4v) is 3.14. The van der Waals surface area contributed by atoms with Crippen molar-refractivity contribution in [1.82, 2.24) is 10.5 Å². The second kappa shape index (κ2) is 5.93. The molecule has 2 aliphatic carbocycles. The van der Waals surface area contributed by atoms with Crippen molar-refractivity contribution >= 4 is 5.78 Å². The van der Waals surface area contributed by atoms with Crippen LogP contribution >= 0.6 is 0 Å². The Labute approximate surface area is 136 Å². The van der Waals surface area contributed by atoms with Crippen molar-refractivity contribution in [3.63, 3.8) is 0 Å². The number of nitrogens with one attached hydrogen (secondary N) is 1. The quantitative estimate of drug-likeness (QED) is 0.798. The van der Waals surface area contributed by atoms with E-state index in [9.17, 15) is 4.79 Å². The first-order chi connectivity index (χ1) is 11.2. The zero-order valence-electron chi connectivity index (χ0n) is 13.4. The molecule has 0 bridgehead atoms. The number of carbonyl (C=O) groups excluding carboxylic acids is 1. The molecule has 0 radical (unpaired) electrons. The van der Waals surface area contributed by atoms with Gasteiger partial charge in [0.25, 0.3) is 0 Å². The largest absolute Gasteiger partial charge is 0.361 e. The Balaban J connectivity index is 1.39. The van der Waals surface area contributed by atoms with Gasteiger partial charge in [0.05, 0.1) is 12.1 Å². The van der Waals surface area contributed by atoms with Gasteiger partial charge in [-0.3, -0.25) is 4.79 Å². The Morgan fingerprint density at radius 2 is 2.22 bits per heavy atom. The van der Waals surface area contributed by atoms with Crippen molar-refractivity contribution in [2.75, 3.05) is 6.54 Å². The molecule has 1 aromatic heterocycles. The van der Waals surface area contributed by atoms with E-state index in [2.05, 4.69) is 22.6 Å². The molecule has 4 heteroatoms. The lowest BCUT2D eigenvalue weighted by atomic mass is 10.0. The van der Waals surface area contributed by atoms with Gasteiger partial charge in [-0.1, -0.05) is 23.4 Å². The van der Waals surface area contributed by atoms with E-state index in [0.29, 0.717) is 24.1 Å². The molecule has 4 nitrogen and oxygen atoms in total. The van der Waals surface area contributed by atoms with Crippen molar-refractivity contribution in [3.8, 4) is 0 Å². The van der Waals surface area contributed by atoms with Gasteiger partial charge in [-0.15, -0.1) is 0 Å². The van der Waals surface area contributed by atoms with Gasteiger partial charge in [-0.2, -0.15) is 0 Å². The predicted molar refractivity (Wildman–Crippen MR) is 87.6 cm³/mol. The highest BCUT2D eigenvalue weighted by atomic mass is 16.5. The first-order valence-electron chi connectivity index (χ1n) is 8.48. The normalized spacial score (nSPS) is 23.0. The standard InChI is InChI=1S/C19H22N2O2/c1-12-7-16(21-23-12)9-19(22)15-4-2-3-14(8-15)17-10-18(17)20-11-13-5-6-13/h2-4,7-8,13,17-18,20H,5-6,9-11H2,1H3. The van der Waals surface area contributed by atoms with E-state index in [-0.39, 0.29) is 5.78 Å². The summed E-state index contributed by atoms with van der Waals surface area (Å²) in [6, 6.07) is 10.5. The van der Waals surface area contributed by atoms with Crippen molar-refractivity contribution in [3.05, 3.63) is 52.9 Å². The summed E-state index contributed by atoms with van der Waals surface area (Å²) < 4.78 is 5.03. The molecule has 0 spiro atoms. The van der Waals surface area contributed by atoms with Crippen LogP contribution in [-0.4, -0.2) is 23.5 Å². The average molecular weight is 310 g/mol. The second-order valence-corrected chi connectivity index (χ2v) is 6.95. The van der Waals surface area contributed by atoms with E-state index in [1.165, 1.54) is 24.8 Å². The molecule has 0 aliphatic heterocycles. The predicted octanol–water partition coefficient (Wildman–Crippen LogP) is 3.26. The summed E-state index contributed by atoms with van der Waals surface area (Å²) in [5.41, 5.74) is 2.75. The summed E-state index contributed by atoms with van der Waals surface area (Å²) in [7, 11) is 0. The molecule has 4 rings (SSSR count). The Morgan fingerprint density at radius 3 is 2.96 bits per heavy atom. The highest BCUT2D eigenvalue weighted by Crippen LogP contribution is 2.41. The molecule has 120 valence electrons. The number of benzene rings is 1. The molecule has 2 atom stereocenters. The van der Waals surface area contributed by atoms with Crippen molar-refractivity contribution < 1.29 is 9.32 Å². The number of aromatic nitrogens is 1. The number of rotatable bonds is 7. The van der Waals surface area contributed by atoms with Crippen LogP contribution in [0.25, 0.3) is 0 Å². The zero-order chi connectivity index (χ0) is 15.8. The van der Waals surface area contributed by atoms with Crippen LogP contribution in [0.1, 0.15) is 52.6 Å². The summed E-state index contributed by atoms with van der Waals surface area (Å²) in [5.74, 6) is 2.32. The number of Topliss-reactive ketones (excluding diaryl/α,β-unsaturated/α-hetero) is 1. The average Bonchev–Trinajstić information content (AvgIpc) is 3.45. The van der Waals surface area contributed by atoms with E-state index in [4.69, 9.17) is 4.52 Å². The van der Waals surface area contributed by atoms with Crippen molar-refractivity contribution in [2.24, 2.45) is 5.92 Å². The van der Waals surface area contributed by atoms with Gasteiger partial charge in [0.1, 0.15) is 5.76 Å². The molecular weight excluding hydrogens is 288 g/mol. The fraction of sp³-hybridized carbons (Fsp3) is 0.474. The number of carbonyl (C=O) groups is 1. The highest BCUT2D eigenvalue weighted by molar-refractivity contribution is 5.97. The first kappa shape index (κ1) is 14.6. The second-order valence-electron chi connectivity index (χ2n) is 6.95. The molecule has 1 N–H and O–H groups in total. The minimum absolute atomic E-state index is 0.100. The number of nitrogens with zero attached hydrogens (tertiary/aromatic N) is 1. The molecule has 0 amide bonds. The lowest BCUT2D eigenvalue weighted by molar-refractivity contribution is 0.0990. The summed E-state index contributed by atoms with van der Waals surface area (Å²) in [4.78, 5) is 12.4. The van der Waals surface area contributed by atoms with Crippen molar-refractivity contribution in [2.45, 2.75) is 44.6 Å². The van der Waals surface area contributed by atoms with Gasteiger partial charge < -0.3 is 9.84 Å². The third kappa shape index (κ3) is 3.53. The summed E-state index contributed by atoms with van der Waals surface area (Å²) in [6.07, 6.45) is 4.26. The molecule has 2 fully saturated rings. The Hall–Kier alpha value is -1.94. The number of ketones is 1. The van der Waals surface area contributed by atoms with Crippen LogP contribution in [0, 0.1) is 12.8 Å². The van der Waals surface area contributed by atoms with E-state index in [1.54, 1.807) is 0 Å². The maximum atomic E-state index is 12.4. The lowest BCUT2D eigenvalue weighted by Crippen LogP contribution is -2.20. The van der Waals surface area contributed by atoms with Crippen LogP contribution < -0.4 is 5.32 Å². The number of hydrogen-bond donors (Lipinski definition) is 1. The topological polar surface area (TPSA) is 55.1 Å². The first-order valence-corrected chi connectivity index (χ1v) is 8.48. The Bertz CT molecular complexity index is 718. The monoisotopic (exact) mass is 310 g/mol. The molecule has 2 saturated carbocycles. The van der Waals surface area contributed by atoms with Crippen LogP contribution in [0.15, 0.2) is 34.9 Å². The van der Waals surface area contributed by atoms with E-state index >= 15 is 0 Å². The summed E-state index contributed by atoms with van der Waals surface area (Å²) >= 11 is 0. The maximum absolute atomic E-state index is 12.4. The minimum Gasteiger partial charge on any atom is -0.361 e. The van der Waals surface area contributed by atoms with Gasteiger partial charge in [-0.25, -0.2) is 0 Å². The fourth-order valence-electron chi connectivity index (χ4n) is 3.14. The molecule has 23 heavy (non-hydrogen) atoms. The molecule has 2 aliphatic rings. The van der Waals surface area contributed by atoms with Crippen LogP contribution in [0.5, 0.6) is 0 Å². The zero-order valence-corrected chi connectivity index (χ0v) is 13.4. The van der Waals surface area contributed by atoms with Gasteiger partial charge in [-0.05, 0) is 50.3 Å². The lowest BCUT2D eigenvalue weighted by Gasteiger charge is -2.05. The third-order valence-corrected chi connectivity index (χ3v) is 4.81. The SMILES string of the molecule is Cc1cc(CC(=O)c2cccc(C3CC3NCC3CC3)c2)no1. The van der Waals surface area contributed by atoms with Gasteiger partial charge in [0.15, 0.2) is 5.78 Å². The van der Waals surface area contributed by atoms with E-state index < -0.39 is 0 Å². The van der Waals surface area contributed by atoms with E-state index in [0.717, 1.165) is 23.8 Å². The molecule has 2 unspecified atom stereocenters. The molecule has 1 aromatic carbocycles. The van der Waals surface area contributed by atoms with Crippen molar-refractivity contribution in [1.29, 1.82) is 0 Å². The summed E-state index contributed by atoms with van der Waals surface area (Å²) in [6.45, 7) is 2.99. The van der Waals surface area contributed by atoms with Gasteiger partial charge in [0, 0.05) is 23.6 Å². The highest BCUT2D eigenvalue weighted by Gasteiger charge is 2.39. The van der Waals surface area contributed by atoms with Gasteiger partial charge >= 0.3 is 0 Å². The number of aryl methyl sites for hydroxylation is 1. The Morgan fingerprint density at radius 1 is 1.35 bits per heavy atom. The number of hydrogen-bond acceptors (Lipinski definition) is 4. The van der Waals surface area contributed by atoms with Crippen LogP contribution in [0.2, 0.25) is 0 Å². The maximum Gasteiger partial charge on any atom is 0.168 e. The molecule has 0 saturated heterocycles.